The molecule has 3 atom stereocenters. The first-order valence-corrected chi connectivity index (χ1v) is 5.99. The Bertz CT molecular complexity index is 228. The molecule has 0 aromatic carbocycles. The quantitative estimate of drug-likeness (QED) is 0.467. The summed E-state index contributed by atoms with van der Waals surface area (Å²) in [6, 6.07) is 0. The van der Waals surface area contributed by atoms with Gasteiger partial charge >= 0.3 is 0 Å². The predicted octanol–water partition coefficient (Wildman–Crippen LogP) is 1.57. The van der Waals surface area contributed by atoms with Gasteiger partial charge in [0.25, 0.3) is 5.95 Å². The van der Waals surface area contributed by atoms with Crippen LogP contribution in [0.3, 0.4) is 0 Å². The molecule has 0 aliphatic rings. The van der Waals surface area contributed by atoms with Crippen LogP contribution in [-0.2, 0) is 26.5 Å². The summed E-state index contributed by atoms with van der Waals surface area (Å²) in [5.74, 6) is -0.243. The first kappa shape index (κ1) is 24.0. The SMILES string of the molecule is CC(O)CC(C)O.COC(O)=CC(O)C(C)(C)C.[Ti]. The summed E-state index contributed by atoms with van der Waals surface area (Å²) < 4.78 is 4.47. The smallest absolute Gasteiger partial charge is 0.274 e. The van der Waals surface area contributed by atoms with Crippen molar-refractivity contribution in [3.8, 4) is 0 Å². The van der Waals surface area contributed by atoms with Gasteiger partial charge in [0.2, 0.25) is 0 Å². The van der Waals surface area contributed by atoms with E-state index in [2.05, 4.69) is 4.74 Å². The topological polar surface area (TPSA) is 90.2 Å². The summed E-state index contributed by atoms with van der Waals surface area (Å²) in [7, 11) is 1.35. The first-order chi connectivity index (χ1) is 8.00. The van der Waals surface area contributed by atoms with E-state index in [0.29, 0.717) is 6.42 Å². The van der Waals surface area contributed by atoms with Gasteiger partial charge in [0.05, 0.1) is 25.4 Å². The maximum Gasteiger partial charge on any atom is 0.274 e. The minimum absolute atomic E-state index is 0. The van der Waals surface area contributed by atoms with Crippen molar-refractivity contribution in [1.29, 1.82) is 0 Å². The molecular formula is C13H28O5Ti. The molecule has 0 aromatic rings. The molecule has 114 valence electrons. The molecule has 6 heteroatoms. The maximum absolute atomic E-state index is 9.37. The third-order valence-corrected chi connectivity index (χ3v) is 2.08. The second-order valence-electron chi connectivity index (χ2n) is 5.45. The van der Waals surface area contributed by atoms with E-state index < -0.39 is 6.10 Å². The fourth-order valence-corrected chi connectivity index (χ4v) is 0.947. The van der Waals surface area contributed by atoms with Gasteiger partial charge in [0.1, 0.15) is 0 Å². The summed E-state index contributed by atoms with van der Waals surface area (Å²) >= 11 is 0. The molecule has 0 aromatic heterocycles. The van der Waals surface area contributed by atoms with Crippen molar-refractivity contribution in [3.63, 3.8) is 0 Å². The summed E-state index contributed by atoms with van der Waals surface area (Å²) in [6.45, 7) is 8.94. The van der Waals surface area contributed by atoms with E-state index in [0.717, 1.165) is 0 Å². The van der Waals surface area contributed by atoms with Crippen molar-refractivity contribution in [2.24, 2.45) is 5.41 Å². The zero-order chi connectivity index (χ0) is 14.9. The monoisotopic (exact) mass is 312 g/mol. The number of ether oxygens (including phenoxy) is 1. The molecule has 0 amide bonds. The molecule has 19 heavy (non-hydrogen) atoms. The molecular weight excluding hydrogens is 284 g/mol. The fraction of sp³-hybridized carbons (Fsp3) is 0.846. The number of aliphatic hydroxyl groups is 4. The Morgan fingerprint density at radius 3 is 1.63 bits per heavy atom. The van der Waals surface area contributed by atoms with Gasteiger partial charge in [0.15, 0.2) is 0 Å². The van der Waals surface area contributed by atoms with E-state index in [9.17, 15) is 5.11 Å². The number of hydrogen-bond acceptors (Lipinski definition) is 5. The van der Waals surface area contributed by atoms with E-state index in [-0.39, 0.29) is 45.3 Å². The van der Waals surface area contributed by atoms with Gasteiger partial charge in [-0.15, -0.1) is 0 Å². The molecule has 5 nitrogen and oxygen atoms in total. The van der Waals surface area contributed by atoms with Crippen molar-refractivity contribution in [1.82, 2.24) is 0 Å². The molecule has 0 fully saturated rings. The third kappa shape index (κ3) is 17.9. The van der Waals surface area contributed by atoms with Crippen LogP contribution in [0.1, 0.15) is 41.0 Å². The summed E-state index contributed by atoms with van der Waals surface area (Å²) in [5.41, 5.74) is -0.271. The second kappa shape index (κ2) is 11.7. The first-order valence-electron chi connectivity index (χ1n) is 5.99. The maximum atomic E-state index is 9.37. The van der Waals surface area contributed by atoms with Crippen molar-refractivity contribution >= 4 is 0 Å². The Morgan fingerprint density at radius 2 is 1.47 bits per heavy atom. The van der Waals surface area contributed by atoms with Crippen LogP contribution in [0, 0.1) is 5.41 Å². The van der Waals surface area contributed by atoms with Crippen LogP contribution >= 0.6 is 0 Å². The van der Waals surface area contributed by atoms with Crippen LogP contribution in [0.15, 0.2) is 12.0 Å². The molecule has 0 radical (unpaired) electrons. The minimum atomic E-state index is -0.692. The van der Waals surface area contributed by atoms with Crippen LogP contribution in [0.4, 0.5) is 0 Å². The average Bonchev–Trinajstić information content (AvgIpc) is 2.14. The standard InChI is InChI=1S/C8H16O3.C5H12O2.Ti/c1-8(2,3)6(9)5-7(10)11-4;1-4(6)3-5(2)7;/h5-6,9-10H,1-4H3;4-7H,3H2,1-2H3;. The van der Waals surface area contributed by atoms with Gasteiger partial charge in [0, 0.05) is 27.8 Å². The average molecular weight is 312 g/mol. The summed E-state index contributed by atoms with van der Waals surface area (Å²) in [4.78, 5) is 0. The van der Waals surface area contributed by atoms with Gasteiger partial charge in [-0.1, -0.05) is 20.8 Å². The fourth-order valence-electron chi connectivity index (χ4n) is 0.947. The molecule has 0 rings (SSSR count). The molecule has 0 saturated carbocycles. The molecule has 0 heterocycles. The minimum Gasteiger partial charge on any atom is -0.481 e. The molecule has 0 bridgehead atoms. The Hall–Kier alpha value is -0.0657. The normalized spacial score (nSPS) is 16.4. The van der Waals surface area contributed by atoms with Crippen molar-refractivity contribution in [3.05, 3.63) is 12.0 Å². The third-order valence-electron chi connectivity index (χ3n) is 2.08. The molecule has 0 spiro atoms. The van der Waals surface area contributed by atoms with Crippen molar-refractivity contribution in [2.75, 3.05) is 7.11 Å². The predicted molar refractivity (Wildman–Crippen MR) is 71.2 cm³/mol. The van der Waals surface area contributed by atoms with Gasteiger partial charge < -0.3 is 25.2 Å². The van der Waals surface area contributed by atoms with E-state index >= 15 is 0 Å². The number of methoxy groups -OCH3 is 1. The molecule has 0 aliphatic carbocycles. The van der Waals surface area contributed by atoms with Gasteiger partial charge in [-0.05, 0) is 25.7 Å². The molecule has 0 aliphatic heterocycles. The van der Waals surface area contributed by atoms with Crippen LogP contribution in [0.5, 0.6) is 0 Å². The van der Waals surface area contributed by atoms with Gasteiger partial charge in [-0.2, -0.15) is 0 Å². The number of hydrogen-bond donors (Lipinski definition) is 4. The van der Waals surface area contributed by atoms with Crippen LogP contribution in [0.2, 0.25) is 0 Å². The van der Waals surface area contributed by atoms with E-state index in [4.69, 9.17) is 15.3 Å². The zero-order valence-electron chi connectivity index (χ0n) is 12.7. The Kier molecular flexibility index (Phi) is 14.8. The molecule has 3 unspecified atom stereocenters. The molecule has 0 saturated heterocycles. The Morgan fingerprint density at radius 1 is 1.11 bits per heavy atom. The molecule has 4 N–H and O–H groups in total. The Labute approximate surface area is 131 Å². The summed E-state index contributed by atoms with van der Waals surface area (Å²) in [6.07, 6.45) is 0.308. The van der Waals surface area contributed by atoms with E-state index in [1.807, 2.05) is 20.8 Å². The van der Waals surface area contributed by atoms with Gasteiger partial charge in [-0.3, -0.25) is 0 Å². The van der Waals surface area contributed by atoms with Crippen molar-refractivity contribution < 1.29 is 46.9 Å². The van der Waals surface area contributed by atoms with E-state index in [1.54, 1.807) is 13.8 Å². The van der Waals surface area contributed by atoms with Gasteiger partial charge in [-0.25, -0.2) is 0 Å². The summed E-state index contributed by atoms with van der Waals surface area (Å²) in [5, 5.41) is 35.4. The zero-order valence-corrected chi connectivity index (χ0v) is 14.3. The number of aliphatic hydroxyl groups excluding tert-OH is 4. The number of rotatable bonds is 4. The second-order valence-corrected chi connectivity index (χ2v) is 5.45. The van der Waals surface area contributed by atoms with Crippen molar-refractivity contribution in [2.45, 2.75) is 59.4 Å². The van der Waals surface area contributed by atoms with Crippen LogP contribution < -0.4 is 0 Å². The van der Waals surface area contributed by atoms with Crippen LogP contribution in [-0.4, -0.2) is 45.8 Å². The Balaban J connectivity index is -0.000000280. The van der Waals surface area contributed by atoms with E-state index in [1.165, 1.54) is 13.2 Å². The van der Waals surface area contributed by atoms with Crippen LogP contribution in [0.25, 0.3) is 0 Å². The largest absolute Gasteiger partial charge is 0.481 e.